The Morgan fingerprint density at radius 3 is 2.90 bits per heavy atom. The number of fused-ring (bicyclic) bond motifs is 1. The molecule has 4 nitrogen and oxygen atoms in total. The van der Waals surface area contributed by atoms with Crippen molar-refractivity contribution in [3.63, 3.8) is 0 Å². The second-order valence-electron chi connectivity index (χ2n) is 4.86. The van der Waals surface area contributed by atoms with Gasteiger partial charge < -0.3 is 15.5 Å². The van der Waals surface area contributed by atoms with Gasteiger partial charge in [0.15, 0.2) is 5.58 Å². The molecule has 21 heavy (non-hydrogen) atoms. The summed E-state index contributed by atoms with van der Waals surface area (Å²) in [5.41, 5.74) is 9.83. The highest BCUT2D eigenvalue weighted by Gasteiger charge is 2.13. The summed E-state index contributed by atoms with van der Waals surface area (Å²) in [6, 6.07) is 11.1. The highest BCUT2D eigenvalue weighted by atomic mass is 35.5. The van der Waals surface area contributed by atoms with Gasteiger partial charge in [-0.05, 0) is 42.8 Å². The predicted octanol–water partition coefficient (Wildman–Crippen LogP) is 4.55. The summed E-state index contributed by atoms with van der Waals surface area (Å²) < 4.78 is 5.82. The molecule has 0 bridgehead atoms. The van der Waals surface area contributed by atoms with Crippen molar-refractivity contribution in [1.82, 2.24) is 4.98 Å². The molecule has 5 heteroatoms. The second-order valence-corrected chi connectivity index (χ2v) is 5.30. The molecule has 0 atom stereocenters. The minimum Gasteiger partial charge on any atom is -0.436 e. The van der Waals surface area contributed by atoms with Crippen molar-refractivity contribution in [3.8, 4) is 11.5 Å². The molecule has 0 saturated heterocycles. The van der Waals surface area contributed by atoms with Gasteiger partial charge in [-0.15, -0.1) is 0 Å². The largest absolute Gasteiger partial charge is 0.436 e. The number of benzene rings is 2. The SMILES string of the molecule is CCCNc1ccc(N)cc1-c1nc2cc(Cl)ccc2o1. The maximum absolute atomic E-state index is 5.98. The molecular weight excluding hydrogens is 286 g/mol. The molecule has 0 fully saturated rings. The van der Waals surface area contributed by atoms with E-state index in [-0.39, 0.29) is 0 Å². The fourth-order valence-electron chi connectivity index (χ4n) is 2.17. The summed E-state index contributed by atoms with van der Waals surface area (Å²) in [4.78, 5) is 4.51. The summed E-state index contributed by atoms with van der Waals surface area (Å²) in [5.74, 6) is 0.540. The Morgan fingerprint density at radius 2 is 2.10 bits per heavy atom. The molecule has 0 amide bonds. The van der Waals surface area contributed by atoms with Gasteiger partial charge in [0.1, 0.15) is 5.52 Å². The van der Waals surface area contributed by atoms with E-state index in [0.717, 1.165) is 29.7 Å². The van der Waals surface area contributed by atoms with Crippen molar-refractivity contribution in [2.75, 3.05) is 17.6 Å². The van der Waals surface area contributed by atoms with E-state index in [0.29, 0.717) is 22.2 Å². The van der Waals surface area contributed by atoms with Crippen molar-refractivity contribution >= 4 is 34.1 Å². The molecule has 0 aliphatic rings. The third kappa shape index (κ3) is 2.81. The molecular formula is C16H16ClN3O. The Morgan fingerprint density at radius 1 is 1.24 bits per heavy atom. The minimum atomic E-state index is 0.540. The lowest BCUT2D eigenvalue weighted by atomic mass is 10.1. The van der Waals surface area contributed by atoms with E-state index in [2.05, 4.69) is 17.2 Å². The van der Waals surface area contributed by atoms with Gasteiger partial charge in [0.2, 0.25) is 5.89 Å². The Balaban J connectivity index is 2.10. The van der Waals surface area contributed by atoms with Crippen LogP contribution in [0.15, 0.2) is 40.8 Å². The van der Waals surface area contributed by atoms with E-state index < -0.39 is 0 Å². The zero-order valence-electron chi connectivity index (χ0n) is 11.7. The number of halogens is 1. The number of rotatable bonds is 4. The fraction of sp³-hybridized carbons (Fsp3) is 0.188. The molecule has 0 aliphatic carbocycles. The van der Waals surface area contributed by atoms with Crippen LogP contribution in [-0.4, -0.2) is 11.5 Å². The summed E-state index contributed by atoms with van der Waals surface area (Å²) in [7, 11) is 0. The number of nitrogens with zero attached hydrogens (tertiary/aromatic N) is 1. The van der Waals surface area contributed by atoms with Crippen molar-refractivity contribution in [3.05, 3.63) is 41.4 Å². The number of oxazole rings is 1. The monoisotopic (exact) mass is 301 g/mol. The topological polar surface area (TPSA) is 64.1 Å². The molecule has 0 radical (unpaired) electrons. The zero-order valence-corrected chi connectivity index (χ0v) is 12.4. The van der Waals surface area contributed by atoms with E-state index in [1.807, 2.05) is 24.3 Å². The van der Waals surface area contributed by atoms with Crippen LogP contribution in [0.25, 0.3) is 22.6 Å². The van der Waals surface area contributed by atoms with Gasteiger partial charge in [0, 0.05) is 22.9 Å². The van der Waals surface area contributed by atoms with Gasteiger partial charge in [-0.2, -0.15) is 0 Å². The first-order valence-corrected chi connectivity index (χ1v) is 7.25. The zero-order chi connectivity index (χ0) is 14.8. The van der Waals surface area contributed by atoms with Crippen LogP contribution in [0, 0.1) is 0 Å². The molecule has 3 N–H and O–H groups in total. The first-order valence-electron chi connectivity index (χ1n) is 6.87. The lowest BCUT2D eigenvalue weighted by molar-refractivity contribution is 0.620. The molecule has 3 aromatic rings. The summed E-state index contributed by atoms with van der Waals surface area (Å²) in [6.45, 7) is 2.99. The molecule has 0 unspecified atom stereocenters. The van der Waals surface area contributed by atoms with Gasteiger partial charge >= 0.3 is 0 Å². The van der Waals surface area contributed by atoms with E-state index in [9.17, 15) is 0 Å². The average molecular weight is 302 g/mol. The van der Waals surface area contributed by atoms with Gasteiger partial charge in [-0.25, -0.2) is 4.98 Å². The fourth-order valence-corrected chi connectivity index (χ4v) is 2.33. The van der Waals surface area contributed by atoms with Gasteiger partial charge in [0.25, 0.3) is 0 Å². The molecule has 108 valence electrons. The molecule has 1 heterocycles. The molecule has 3 rings (SSSR count). The van der Waals surface area contributed by atoms with Crippen LogP contribution in [0.5, 0.6) is 0 Å². The van der Waals surface area contributed by atoms with Crippen LogP contribution in [0.1, 0.15) is 13.3 Å². The first kappa shape index (κ1) is 13.8. The number of nitrogen functional groups attached to an aromatic ring is 1. The molecule has 0 saturated carbocycles. The van der Waals surface area contributed by atoms with Gasteiger partial charge in [-0.1, -0.05) is 18.5 Å². The number of nitrogens with two attached hydrogens (primary N) is 1. The molecule has 1 aromatic heterocycles. The summed E-state index contributed by atoms with van der Waals surface area (Å²) in [5, 5.41) is 4.00. The smallest absolute Gasteiger partial charge is 0.229 e. The van der Waals surface area contributed by atoms with Crippen molar-refractivity contribution in [2.45, 2.75) is 13.3 Å². The minimum absolute atomic E-state index is 0.540. The third-order valence-electron chi connectivity index (χ3n) is 3.19. The Labute approximate surface area is 127 Å². The van der Waals surface area contributed by atoms with Crippen LogP contribution < -0.4 is 11.1 Å². The van der Waals surface area contributed by atoms with Crippen LogP contribution >= 0.6 is 11.6 Å². The summed E-state index contributed by atoms with van der Waals surface area (Å²) in [6.07, 6.45) is 1.03. The number of aromatic nitrogens is 1. The van der Waals surface area contributed by atoms with E-state index in [1.165, 1.54) is 0 Å². The van der Waals surface area contributed by atoms with Crippen LogP contribution in [0.2, 0.25) is 5.02 Å². The van der Waals surface area contributed by atoms with Crippen LogP contribution in [-0.2, 0) is 0 Å². The number of hydrogen-bond acceptors (Lipinski definition) is 4. The Kier molecular flexibility index (Phi) is 3.71. The normalized spacial score (nSPS) is 11.0. The summed E-state index contributed by atoms with van der Waals surface area (Å²) >= 11 is 5.98. The first-order chi connectivity index (χ1) is 10.2. The van der Waals surface area contributed by atoms with E-state index in [1.54, 1.807) is 12.1 Å². The highest BCUT2D eigenvalue weighted by Crippen LogP contribution is 2.32. The lowest BCUT2D eigenvalue weighted by Gasteiger charge is -2.09. The van der Waals surface area contributed by atoms with Crippen molar-refractivity contribution in [1.29, 1.82) is 0 Å². The second kappa shape index (κ2) is 5.66. The van der Waals surface area contributed by atoms with Crippen molar-refractivity contribution < 1.29 is 4.42 Å². The molecule has 0 aliphatic heterocycles. The average Bonchev–Trinajstić information content (AvgIpc) is 2.88. The van der Waals surface area contributed by atoms with Gasteiger partial charge in [0.05, 0.1) is 5.56 Å². The number of anilines is 2. The number of nitrogens with one attached hydrogen (secondary N) is 1. The highest BCUT2D eigenvalue weighted by molar-refractivity contribution is 6.31. The predicted molar refractivity (Wildman–Crippen MR) is 87.6 cm³/mol. The van der Waals surface area contributed by atoms with Crippen molar-refractivity contribution in [2.24, 2.45) is 0 Å². The Bertz CT molecular complexity index is 782. The molecule has 0 spiro atoms. The van der Waals surface area contributed by atoms with Crippen LogP contribution in [0.4, 0.5) is 11.4 Å². The van der Waals surface area contributed by atoms with E-state index >= 15 is 0 Å². The van der Waals surface area contributed by atoms with Gasteiger partial charge in [-0.3, -0.25) is 0 Å². The quantitative estimate of drug-likeness (QED) is 0.694. The lowest BCUT2D eigenvalue weighted by Crippen LogP contribution is -2.02. The Hall–Kier alpha value is -2.20. The van der Waals surface area contributed by atoms with E-state index in [4.69, 9.17) is 21.8 Å². The van der Waals surface area contributed by atoms with Crippen LogP contribution in [0.3, 0.4) is 0 Å². The maximum atomic E-state index is 5.98. The molecule has 2 aromatic carbocycles. The maximum Gasteiger partial charge on any atom is 0.229 e. The number of hydrogen-bond donors (Lipinski definition) is 2. The standard InChI is InChI=1S/C16H16ClN3O/c1-2-7-19-13-5-4-11(18)9-12(13)16-20-14-8-10(17)3-6-15(14)21-16/h3-6,8-9,19H,2,7,18H2,1H3. The third-order valence-corrected chi connectivity index (χ3v) is 3.42.